The third kappa shape index (κ3) is 1.34. The van der Waals surface area contributed by atoms with Crippen LogP contribution in [-0.4, -0.2) is 41.4 Å². The maximum atomic E-state index is 11.7. The summed E-state index contributed by atoms with van der Waals surface area (Å²) in [4.78, 5) is 24.8. The van der Waals surface area contributed by atoms with Gasteiger partial charge in [0, 0.05) is 5.92 Å². The number of fused-ring (bicyclic) bond motifs is 1. The first-order valence-electron chi connectivity index (χ1n) is 4.98. The normalized spacial score (nSPS) is 34.6. The van der Waals surface area contributed by atoms with Gasteiger partial charge in [-0.15, -0.1) is 0 Å². The van der Waals surface area contributed by atoms with Crippen molar-refractivity contribution in [3.63, 3.8) is 0 Å². The Labute approximate surface area is 83.2 Å². The molecule has 78 valence electrons. The fourth-order valence-corrected chi connectivity index (χ4v) is 2.08. The highest BCUT2D eigenvalue weighted by Crippen LogP contribution is 2.37. The molecule has 0 aromatic rings. The van der Waals surface area contributed by atoms with Crippen molar-refractivity contribution >= 4 is 11.7 Å². The number of hydrogen-bond acceptors (Lipinski definition) is 3. The van der Waals surface area contributed by atoms with Gasteiger partial charge in [-0.25, -0.2) is 0 Å². The fraction of sp³-hybridized carbons (Fsp3) is 0.800. The van der Waals surface area contributed by atoms with Gasteiger partial charge in [0.1, 0.15) is 18.2 Å². The smallest absolute Gasteiger partial charge is 0.225 e. The van der Waals surface area contributed by atoms with Crippen molar-refractivity contribution in [2.45, 2.75) is 39.0 Å². The van der Waals surface area contributed by atoms with Crippen molar-refractivity contribution in [1.82, 2.24) is 4.90 Å². The molecule has 0 radical (unpaired) electrons. The van der Waals surface area contributed by atoms with E-state index in [0.29, 0.717) is 6.54 Å². The Kier molecular flexibility index (Phi) is 2.10. The van der Waals surface area contributed by atoms with Gasteiger partial charge >= 0.3 is 0 Å². The van der Waals surface area contributed by atoms with E-state index in [1.54, 1.807) is 4.90 Å². The Morgan fingerprint density at radius 2 is 2.07 bits per heavy atom. The number of rotatable bonds is 2. The zero-order valence-electron chi connectivity index (χ0n) is 8.69. The van der Waals surface area contributed by atoms with Gasteiger partial charge in [-0.1, -0.05) is 13.8 Å². The minimum atomic E-state index is -0.324. The number of hydrogen-bond donors (Lipinski definition) is 0. The molecule has 1 amide bonds. The van der Waals surface area contributed by atoms with Gasteiger partial charge in [-0.3, -0.25) is 9.59 Å². The van der Waals surface area contributed by atoms with E-state index in [-0.39, 0.29) is 35.9 Å². The molecule has 0 bridgehead atoms. The summed E-state index contributed by atoms with van der Waals surface area (Å²) in [5, 5.41) is 0. The molecule has 2 rings (SSSR count). The van der Waals surface area contributed by atoms with Gasteiger partial charge in [-0.05, 0) is 6.92 Å². The maximum Gasteiger partial charge on any atom is 0.225 e. The van der Waals surface area contributed by atoms with E-state index in [0.717, 1.165) is 0 Å². The second-order valence-corrected chi connectivity index (χ2v) is 4.34. The topological polar surface area (TPSA) is 49.9 Å². The minimum absolute atomic E-state index is 0.0183. The van der Waals surface area contributed by atoms with Crippen LogP contribution in [0.3, 0.4) is 0 Å². The molecular weight excluding hydrogens is 182 g/mol. The van der Waals surface area contributed by atoms with Crippen LogP contribution in [0.5, 0.6) is 0 Å². The highest BCUT2D eigenvalue weighted by Gasteiger charge is 2.57. The number of epoxide rings is 1. The monoisotopic (exact) mass is 197 g/mol. The number of morpholine rings is 1. The summed E-state index contributed by atoms with van der Waals surface area (Å²) in [6.45, 7) is 5.82. The molecular formula is C10H15NO3. The van der Waals surface area contributed by atoms with Crippen molar-refractivity contribution in [2.75, 3.05) is 6.54 Å². The number of nitrogens with zero attached hydrogens (tertiary/aromatic N) is 1. The first-order chi connectivity index (χ1) is 6.52. The summed E-state index contributed by atoms with van der Waals surface area (Å²) >= 11 is 0. The van der Waals surface area contributed by atoms with E-state index < -0.39 is 0 Å². The molecule has 14 heavy (non-hydrogen) atoms. The van der Waals surface area contributed by atoms with E-state index in [1.165, 1.54) is 6.92 Å². The molecule has 4 nitrogen and oxygen atoms in total. The molecule has 2 aliphatic heterocycles. The molecule has 0 aromatic heterocycles. The molecule has 3 atom stereocenters. The highest BCUT2D eigenvalue weighted by molar-refractivity contribution is 5.90. The number of likely N-dealkylation sites (tertiary alicyclic amines) is 1. The van der Waals surface area contributed by atoms with E-state index in [4.69, 9.17) is 4.74 Å². The van der Waals surface area contributed by atoms with E-state index in [1.807, 2.05) is 13.8 Å². The number of amides is 1. The summed E-state index contributed by atoms with van der Waals surface area (Å²) in [5.41, 5.74) is 0. The standard InChI is InChI=1S/C10H15NO3/c1-5(2)10(13)11-4-7-9(14-7)8(11)6(3)12/h5,7-9H,4H2,1-3H3/t7-,8+,9-/m0/s1. The number of ether oxygens (including phenoxy) is 1. The number of Topliss-reactive ketones (excluding diaryl/α,β-unsaturated/α-hetero) is 1. The predicted molar refractivity (Wildman–Crippen MR) is 49.7 cm³/mol. The van der Waals surface area contributed by atoms with Crippen LogP contribution in [0.1, 0.15) is 20.8 Å². The second kappa shape index (κ2) is 3.05. The third-order valence-electron chi connectivity index (χ3n) is 2.84. The van der Waals surface area contributed by atoms with Gasteiger partial charge in [0.15, 0.2) is 5.78 Å². The van der Waals surface area contributed by atoms with Crippen molar-refractivity contribution in [2.24, 2.45) is 5.92 Å². The molecule has 2 heterocycles. The van der Waals surface area contributed by atoms with Gasteiger partial charge < -0.3 is 9.64 Å². The molecule has 0 N–H and O–H groups in total. The average molecular weight is 197 g/mol. The Morgan fingerprint density at radius 1 is 1.43 bits per heavy atom. The lowest BCUT2D eigenvalue weighted by atomic mass is 10.1. The molecule has 4 heteroatoms. The van der Waals surface area contributed by atoms with Crippen molar-refractivity contribution in [1.29, 1.82) is 0 Å². The number of carbonyl (C=O) groups excluding carboxylic acids is 2. The van der Waals surface area contributed by atoms with Crippen LogP contribution >= 0.6 is 0 Å². The van der Waals surface area contributed by atoms with Crippen LogP contribution in [0.4, 0.5) is 0 Å². The Balaban J connectivity index is 2.12. The van der Waals surface area contributed by atoms with Gasteiger partial charge in [0.2, 0.25) is 5.91 Å². The molecule has 0 aromatic carbocycles. The molecule has 0 saturated carbocycles. The third-order valence-corrected chi connectivity index (χ3v) is 2.84. The summed E-state index contributed by atoms with van der Waals surface area (Å²) in [6.07, 6.45) is 0.0989. The van der Waals surface area contributed by atoms with Gasteiger partial charge in [-0.2, -0.15) is 0 Å². The van der Waals surface area contributed by atoms with Gasteiger partial charge in [0.05, 0.1) is 6.54 Å². The quantitative estimate of drug-likeness (QED) is 0.594. The Bertz CT molecular complexity index is 287. The first kappa shape index (κ1) is 9.65. The lowest BCUT2D eigenvalue weighted by Crippen LogP contribution is -2.45. The summed E-state index contributed by atoms with van der Waals surface area (Å²) in [7, 11) is 0. The average Bonchev–Trinajstić information content (AvgIpc) is 2.74. The largest absolute Gasteiger partial charge is 0.365 e. The maximum absolute atomic E-state index is 11.7. The highest BCUT2D eigenvalue weighted by atomic mass is 16.6. The van der Waals surface area contributed by atoms with Crippen LogP contribution in [-0.2, 0) is 14.3 Å². The fourth-order valence-electron chi connectivity index (χ4n) is 2.08. The van der Waals surface area contributed by atoms with Crippen molar-refractivity contribution < 1.29 is 14.3 Å². The molecule has 0 unspecified atom stereocenters. The SMILES string of the molecule is CC(=O)[C@@H]1[C@H]2O[C@H]2CN1C(=O)C(C)C. The number of ketones is 1. The Hall–Kier alpha value is -0.900. The lowest BCUT2D eigenvalue weighted by molar-refractivity contribution is -0.141. The summed E-state index contributed by atoms with van der Waals surface area (Å²) in [6, 6.07) is -0.324. The first-order valence-corrected chi connectivity index (χ1v) is 4.98. The lowest BCUT2D eigenvalue weighted by Gasteiger charge is -2.26. The van der Waals surface area contributed by atoms with Crippen LogP contribution in [0.25, 0.3) is 0 Å². The minimum Gasteiger partial charge on any atom is -0.365 e. The van der Waals surface area contributed by atoms with Crippen molar-refractivity contribution in [3.8, 4) is 0 Å². The van der Waals surface area contributed by atoms with Crippen LogP contribution in [0, 0.1) is 5.92 Å². The number of carbonyl (C=O) groups is 2. The van der Waals surface area contributed by atoms with E-state index in [9.17, 15) is 9.59 Å². The zero-order chi connectivity index (χ0) is 10.5. The molecule has 2 saturated heterocycles. The van der Waals surface area contributed by atoms with E-state index >= 15 is 0 Å². The van der Waals surface area contributed by atoms with E-state index in [2.05, 4.69) is 0 Å². The Morgan fingerprint density at radius 3 is 2.57 bits per heavy atom. The molecule has 0 aliphatic carbocycles. The van der Waals surface area contributed by atoms with Gasteiger partial charge in [0.25, 0.3) is 0 Å². The molecule has 0 spiro atoms. The van der Waals surface area contributed by atoms with Crippen LogP contribution < -0.4 is 0 Å². The van der Waals surface area contributed by atoms with Crippen LogP contribution in [0.2, 0.25) is 0 Å². The molecule has 2 aliphatic rings. The zero-order valence-corrected chi connectivity index (χ0v) is 8.69. The summed E-state index contributed by atoms with van der Waals surface area (Å²) in [5.74, 6) is 0.0411. The summed E-state index contributed by atoms with van der Waals surface area (Å²) < 4.78 is 5.27. The van der Waals surface area contributed by atoms with Crippen molar-refractivity contribution in [3.05, 3.63) is 0 Å². The second-order valence-electron chi connectivity index (χ2n) is 4.34. The molecule has 2 fully saturated rings. The predicted octanol–water partition coefficient (Wildman–Crippen LogP) is 0.210. The van der Waals surface area contributed by atoms with Crippen LogP contribution in [0.15, 0.2) is 0 Å².